The van der Waals surface area contributed by atoms with Gasteiger partial charge in [-0.2, -0.15) is 4.98 Å². The van der Waals surface area contributed by atoms with Crippen molar-refractivity contribution in [2.75, 3.05) is 26.2 Å². The fraction of sp³-hybridized carbons (Fsp3) is 0.640. The lowest BCUT2D eigenvalue weighted by Crippen LogP contribution is -2.41. The fourth-order valence-electron chi connectivity index (χ4n) is 5.85. The highest BCUT2D eigenvalue weighted by atomic mass is 16.5. The fourth-order valence-corrected chi connectivity index (χ4v) is 5.85. The topological polar surface area (TPSA) is 62.5 Å². The standard InChI is InChI=1S/C25H34N4O2/c1-19-8-10-21(11-9-19)25(12-2-3-13-25)24-26-22(31-27-24)18-28-14-4-6-20(16-28)17-29-15-5-7-23(29)30/h8-11,20H,2-7,12-18H2,1H3/t20-/m0/s1. The number of hydrogen-bond acceptors (Lipinski definition) is 5. The molecule has 1 aliphatic carbocycles. The molecule has 0 N–H and O–H groups in total. The predicted molar refractivity (Wildman–Crippen MR) is 119 cm³/mol. The van der Waals surface area contributed by atoms with Crippen molar-refractivity contribution in [1.82, 2.24) is 19.9 Å². The summed E-state index contributed by atoms with van der Waals surface area (Å²) < 4.78 is 5.77. The highest BCUT2D eigenvalue weighted by Gasteiger charge is 2.41. The summed E-state index contributed by atoms with van der Waals surface area (Å²) in [7, 11) is 0. The van der Waals surface area contributed by atoms with E-state index in [0.717, 1.165) is 63.6 Å². The Morgan fingerprint density at radius 1 is 1.10 bits per heavy atom. The Balaban J connectivity index is 1.26. The molecule has 0 spiro atoms. The number of carbonyl (C=O) groups is 1. The Morgan fingerprint density at radius 3 is 2.65 bits per heavy atom. The molecule has 1 aromatic carbocycles. The van der Waals surface area contributed by atoms with Gasteiger partial charge in [0.15, 0.2) is 5.82 Å². The predicted octanol–water partition coefficient (Wildman–Crippen LogP) is 4.07. The minimum atomic E-state index is -0.101. The van der Waals surface area contributed by atoms with Gasteiger partial charge in [-0.3, -0.25) is 9.69 Å². The highest BCUT2D eigenvalue weighted by molar-refractivity contribution is 5.78. The number of likely N-dealkylation sites (tertiary alicyclic amines) is 2. The smallest absolute Gasteiger partial charge is 0.240 e. The van der Waals surface area contributed by atoms with Gasteiger partial charge in [-0.1, -0.05) is 47.8 Å². The summed E-state index contributed by atoms with van der Waals surface area (Å²) in [5, 5.41) is 4.48. The van der Waals surface area contributed by atoms with Crippen molar-refractivity contribution >= 4 is 5.91 Å². The minimum absolute atomic E-state index is 0.101. The van der Waals surface area contributed by atoms with Crippen LogP contribution in [0.25, 0.3) is 0 Å². The van der Waals surface area contributed by atoms with Gasteiger partial charge in [-0.25, -0.2) is 0 Å². The molecule has 6 heteroatoms. The van der Waals surface area contributed by atoms with E-state index in [-0.39, 0.29) is 5.41 Å². The number of carbonyl (C=O) groups excluding carboxylic acids is 1. The molecule has 5 rings (SSSR count). The Labute approximate surface area is 185 Å². The lowest BCUT2D eigenvalue weighted by atomic mass is 9.78. The summed E-state index contributed by atoms with van der Waals surface area (Å²) in [4.78, 5) is 21.4. The van der Waals surface area contributed by atoms with E-state index in [1.54, 1.807) is 0 Å². The summed E-state index contributed by atoms with van der Waals surface area (Å²) in [5.41, 5.74) is 2.49. The van der Waals surface area contributed by atoms with Crippen molar-refractivity contribution in [3.8, 4) is 0 Å². The minimum Gasteiger partial charge on any atom is -0.342 e. The van der Waals surface area contributed by atoms with E-state index >= 15 is 0 Å². The average molecular weight is 423 g/mol. The van der Waals surface area contributed by atoms with Gasteiger partial charge in [0.05, 0.1) is 12.0 Å². The zero-order valence-corrected chi connectivity index (χ0v) is 18.7. The third-order valence-electron chi connectivity index (χ3n) is 7.57. The number of piperidine rings is 1. The van der Waals surface area contributed by atoms with Gasteiger partial charge < -0.3 is 9.42 Å². The van der Waals surface area contributed by atoms with Gasteiger partial charge in [-0.05, 0) is 57.1 Å². The lowest BCUT2D eigenvalue weighted by molar-refractivity contribution is -0.128. The summed E-state index contributed by atoms with van der Waals surface area (Å²) in [6.45, 7) is 6.74. The summed E-state index contributed by atoms with van der Waals surface area (Å²) in [6, 6.07) is 8.86. The van der Waals surface area contributed by atoms with Crippen LogP contribution in [0.15, 0.2) is 28.8 Å². The molecule has 166 valence electrons. The van der Waals surface area contributed by atoms with E-state index in [9.17, 15) is 4.79 Å². The molecule has 6 nitrogen and oxygen atoms in total. The van der Waals surface area contributed by atoms with E-state index < -0.39 is 0 Å². The maximum Gasteiger partial charge on any atom is 0.240 e. The van der Waals surface area contributed by atoms with E-state index in [2.05, 4.69) is 46.1 Å². The van der Waals surface area contributed by atoms with Gasteiger partial charge in [0, 0.05) is 26.1 Å². The third kappa shape index (κ3) is 4.27. The molecule has 1 saturated carbocycles. The second-order valence-electron chi connectivity index (χ2n) is 9.85. The van der Waals surface area contributed by atoms with Gasteiger partial charge in [0.2, 0.25) is 11.8 Å². The van der Waals surface area contributed by atoms with E-state index in [4.69, 9.17) is 9.51 Å². The number of aryl methyl sites for hydroxylation is 1. The van der Waals surface area contributed by atoms with Crippen LogP contribution in [-0.2, 0) is 16.8 Å². The molecule has 2 saturated heterocycles. The number of aromatic nitrogens is 2. The number of benzene rings is 1. The maximum absolute atomic E-state index is 12.0. The van der Waals surface area contributed by atoms with E-state index in [0.29, 0.717) is 18.4 Å². The van der Waals surface area contributed by atoms with Crippen LogP contribution in [0.3, 0.4) is 0 Å². The molecule has 3 aliphatic rings. The molecule has 1 amide bonds. The average Bonchev–Trinajstić information content (AvgIpc) is 3.52. The third-order valence-corrected chi connectivity index (χ3v) is 7.57. The van der Waals surface area contributed by atoms with Crippen LogP contribution in [0.2, 0.25) is 0 Å². The van der Waals surface area contributed by atoms with Gasteiger partial charge >= 0.3 is 0 Å². The normalized spacial score (nSPS) is 24.2. The Bertz CT molecular complexity index is 901. The SMILES string of the molecule is Cc1ccc(C2(c3noc(CN4CCC[C@H](CN5CCCC5=O)C4)n3)CCCC2)cc1. The summed E-state index contributed by atoms with van der Waals surface area (Å²) >= 11 is 0. The van der Waals surface area contributed by atoms with Crippen molar-refractivity contribution in [2.45, 2.75) is 70.3 Å². The van der Waals surface area contributed by atoms with Gasteiger partial charge in [-0.15, -0.1) is 0 Å². The first-order valence-electron chi connectivity index (χ1n) is 12.0. The Kier molecular flexibility index (Phi) is 5.83. The second-order valence-corrected chi connectivity index (χ2v) is 9.85. The number of hydrogen-bond donors (Lipinski definition) is 0. The maximum atomic E-state index is 12.0. The molecular weight excluding hydrogens is 388 g/mol. The molecule has 1 aromatic heterocycles. The molecule has 3 fully saturated rings. The van der Waals surface area contributed by atoms with Gasteiger partial charge in [0.25, 0.3) is 0 Å². The summed E-state index contributed by atoms with van der Waals surface area (Å²) in [5.74, 6) is 2.47. The van der Waals surface area contributed by atoms with Crippen molar-refractivity contribution in [3.63, 3.8) is 0 Å². The second kappa shape index (κ2) is 8.73. The first-order chi connectivity index (χ1) is 15.1. The van der Waals surface area contributed by atoms with E-state index in [1.807, 2.05) is 0 Å². The number of nitrogens with zero attached hydrogens (tertiary/aromatic N) is 4. The monoisotopic (exact) mass is 422 g/mol. The molecule has 1 atom stereocenters. The van der Waals surface area contributed by atoms with Crippen molar-refractivity contribution in [1.29, 1.82) is 0 Å². The molecule has 0 radical (unpaired) electrons. The molecule has 0 bridgehead atoms. The lowest BCUT2D eigenvalue weighted by Gasteiger charge is -2.33. The van der Waals surface area contributed by atoms with Crippen LogP contribution in [-0.4, -0.2) is 52.0 Å². The first kappa shape index (κ1) is 20.7. The van der Waals surface area contributed by atoms with Crippen LogP contribution in [0.5, 0.6) is 0 Å². The van der Waals surface area contributed by atoms with Crippen molar-refractivity contribution < 1.29 is 9.32 Å². The largest absolute Gasteiger partial charge is 0.342 e. The van der Waals surface area contributed by atoms with Gasteiger partial charge in [0.1, 0.15) is 0 Å². The van der Waals surface area contributed by atoms with Crippen molar-refractivity contribution in [2.24, 2.45) is 5.92 Å². The Morgan fingerprint density at radius 2 is 1.90 bits per heavy atom. The first-order valence-corrected chi connectivity index (χ1v) is 12.0. The van der Waals surface area contributed by atoms with Crippen LogP contribution < -0.4 is 0 Å². The molecule has 3 heterocycles. The van der Waals surface area contributed by atoms with E-state index in [1.165, 1.54) is 36.8 Å². The number of rotatable bonds is 6. The molecular formula is C25H34N4O2. The van der Waals surface area contributed by atoms with Crippen LogP contribution in [0, 0.1) is 12.8 Å². The molecule has 31 heavy (non-hydrogen) atoms. The zero-order chi connectivity index (χ0) is 21.3. The van der Waals surface area contributed by atoms with Crippen LogP contribution in [0.4, 0.5) is 0 Å². The van der Waals surface area contributed by atoms with Crippen molar-refractivity contribution in [3.05, 3.63) is 47.1 Å². The molecule has 2 aromatic rings. The summed E-state index contributed by atoms with van der Waals surface area (Å²) in [6.07, 6.45) is 8.70. The van der Waals surface area contributed by atoms with Crippen LogP contribution in [0.1, 0.15) is 74.2 Å². The highest BCUT2D eigenvalue weighted by Crippen LogP contribution is 2.45. The zero-order valence-electron chi connectivity index (χ0n) is 18.7. The Hall–Kier alpha value is -2.21. The molecule has 0 unspecified atom stereocenters. The van der Waals surface area contributed by atoms with Crippen LogP contribution >= 0.6 is 0 Å². The molecule has 2 aliphatic heterocycles. The quantitative estimate of drug-likeness (QED) is 0.702. The number of amides is 1.